The number of hydrogen-bond acceptors (Lipinski definition) is 2. The Morgan fingerprint density at radius 2 is 2.18 bits per heavy atom. The van der Waals surface area contributed by atoms with Crippen molar-refractivity contribution in [3.8, 4) is 0 Å². The molecule has 3 heteroatoms. The molecule has 0 bridgehead atoms. The van der Waals surface area contributed by atoms with E-state index in [0.29, 0.717) is 0 Å². The molecule has 1 aromatic carbocycles. The predicted octanol–water partition coefficient (Wildman–Crippen LogP) is 1.87. The van der Waals surface area contributed by atoms with Crippen molar-refractivity contribution < 1.29 is 4.79 Å². The van der Waals surface area contributed by atoms with Crippen molar-refractivity contribution >= 4 is 5.91 Å². The van der Waals surface area contributed by atoms with Crippen LogP contribution in [-0.4, -0.2) is 25.0 Å². The van der Waals surface area contributed by atoms with E-state index in [-0.39, 0.29) is 5.91 Å². The summed E-state index contributed by atoms with van der Waals surface area (Å²) in [5, 5.41) is 6.37. The summed E-state index contributed by atoms with van der Waals surface area (Å²) in [6, 6.07) is 8.43. The van der Waals surface area contributed by atoms with E-state index in [1.54, 1.807) is 0 Å². The first-order valence-electron chi connectivity index (χ1n) is 6.34. The molecule has 1 aliphatic carbocycles. The molecule has 0 spiro atoms. The number of benzene rings is 1. The average molecular weight is 232 g/mol. The Morgan fingerprint density at radius 3 is 2.88 bits per heavy atom. The zero-order valence-electron chi connectivity index (χ0n) is 10.3. The van der Waals surface area contributed by atoms with Gasteiger partial charge in [-0.1, -0.05) is 17.7 Å². The van der Waals surface area contributed by atoms with Gasteiger partial charge in [-0.2, -0.15) is 0 Å². The molecule has 1 aromatic rings. The van der Waals surface area contributed by atoms with Crippen molar-refractivity contribution in [3.05, 3.63) is 35.4 Å². The van der Waals surface area contributed by atoms with Crippen molar-refractivity contribution in [2.24, 2.45) is 0 Å². The van der Waals surface area contributed by atoms with Crippen LogP contribution in [-0.2, 0) is 0 Å². The Balaban J connectivity index is 1.65. The molecule has 0 aliphatic heterocycles. The zero-order chi connectivity index (χ0) is 12.1. The molecule has 1 saturated carbocycles. The van der Waals surface area contributed by atoms with Crippen LogP contribution >= 0.6 is 0 Å². The lowest BCUT2D eigenvalue weighted by Crippen LogP contribution is -2.27. The first kappa shape index (κ1) is 12.1. The lowest BCUT2D eigenvalue weighted by molar-refractivity contribution is 0.0953. The lowest BCUT2D eigenvalue weighted by Gasteiger charge is -2.06. The van der Waals surface area contributed by atoms with Crippen molar-refractivity contribution in [2.45, 2.75) is 32.2 Å². The molecule has 0 saturated heterocycles. The first-order chi connectivity index (χ1) is 8.25. The molecule has 0 radical (unpaired) electrons. The molecular weight excluding hydrogens is 212 g/mol. The maximum atomic E-state index is 11.8. The van der Waals surface area contributed by atoms with E-state index in [0.717, 1.165) is 36.7 Å². The van der Waals surface area contributed by atoms with Crippen molar-refractivity contribution in [1.82, 2.24) is 10.6 Å². The fourth-order valence-corrected chi connectivity index (χ4v) is 1.77. The third-order valence-electron chi connectivity index (χ3n) is 2.93. The van der Waals surface area contributed by atoms with Crippen LogP contribution in [0.15, 0.2) is 24.3 Å². The minimum absolute atomic E-state index is 0.0279. The highest BCUT2D eigenvalue weighted by atomic mass is 16.1. The maximum absolute atomic E-state index is 11.8. The third kappa shape index (κ3) is 4.19. The fraction of sp³-hybridized carbons (Fsp3) is 0.500. The Bertz CT molecular complexity index is 386. The number of carbonyl (C=O) groups is 1. The molecular formula is C14H20N2O. The second-order valence-corrected chi connectivity index (χ2v) is 4.71. The van der Waals surface area contributed by atoms with Gasteiger partial charge in [-0.15, -0.1) is 0 Å². The summed E-state index contributed by atoms with van der Waals surface area (Å²) < 4.78 is 0. The normalized spacial score (nSPS) is 14.6. The largest absolute Gasteiger partial charge is 0.352 e. The van der Waals surface area contributed by atoms with Crippen molar-refractivity contribution in [1.29, 1.82) is 0 Å². The van der Waals surface area contributed by atoms with Crippen LogP contribution in [0.1, 0.15) is 35.2 Å². The Kier molecular flexibility index (Phi) is 4.15. The Labute approximate surface area is 103 Å². The van der Waals surface area contributed by atoms with Crippen LogP contribution in [0.25, 0.3) is 0 Å². The van der Waals surface area contributed by atoms with E-state index in [1.807, 2.05) is 31.2 Å². The quantitative estimate of drug-likeness (QED) is 0.735. The van der Waals surface area contributed by atoms with Gasteiger partial charge in [0, 0.05) is 18.2 Å². The summed E-state index contributed by atoms with van der Waals surface area (Å²) >= 11 is 0. The summed E-state index contributed by atoms with van der Waals surface area (Å²) in [5.41, 5.74) is 1.87. The van der Waals surface area contributed by atoms with Crippen LogP contribution in [0.4, 0.5) is 0 Å². The molecule has 0 atom stereocenters. The number of amides is 1. The SMILES string of the molecule is Cc1cccc(C(=O)NCCCNC2CC2)c1. The van der Waals surface area contributed by atoms with E-state index in [1.165, 1.54) is 12.8 Å². The average Bonchev–Trinajstić information content (AvgIpc) is 3.12. The zero-order valence-corrected chi connectivity index (χ0v) is 10.3. The van der Waals surface area contributed by atoms with Crippen LogP contribution < -0.4 is 10.6 Å². The van der Waals surface area contributed by atoms with E-state index in [4.69, 9.17) is 0 Å². The summed E-state index contributed by atoms with van der Waals surface area (Å²) in [4.78, 5) is 11.8. The van der Waals surface area contributed by atoms with E-state index >= 15 is 0 Å². The fourth-order valence-electron chi connectivity index (χ4n) is 1.77. The molecule has 1 fully saturated rings. The molecule has 0 unspecified atom stereocenters. The summed E-state index contributed by atoms with van der Waals surface area (Å²) in [6.07, 6.45) is 3.62. The first-order valence-corrected chi connectivity index (χ1v) is 6.34. The Hall–Kier alpha value is -1.35. The highest BCUT2D eigenvalue weighted by Crippen LogP contribution is 2.18. The molecule has 0 aromatic heterocycles. The van der Waals surface area contributed by atoms with Crippen LogP contribution in [0, 0.1) is 6.92 Å². The van der Waals surface area contributed by atoms with Gasteiger partial charge in [0.2, 0.25) is 0 Å². The number of nitrogens with one attached hydrogen (secondary N) is 2. The lowest BCUT2D eigenvalue weighted by atomic mass is 10.1. The molecule has 17 heavy (non-hydrogen) atoms. The van der Waals surface area contributed by atoms with Gasteiger partial charge in [-0.25, -0.2) is 0 Å². The minimum atomic E-state index is 0.0279. The van der Waals surface area contributed by atoms with Gasteiger partial charge in [-0.3, -0.25) is 4.79 Å². The monoisotopic (exact) mass is 232 g/mol. The van der Waals surface area contributed by atoms with Gasteiger partial charge in [0.15, 0.2) is 0 Å². The number of rotatable bonds is 6. The van der Waals surface area contributed by atoms with E-state index < -0.39 is 0 Å². The number of carbonyl (C=O) groups excluding carboxylic acids is 1. The van der Waals surface area contributed by atoms with Crippen molar-refractivity contribution in [2.75, 3.05) is 13.1 Å². The second kappa shape index (κ2) is 5.82. The molecule has 3 nitrogen and oxygen atoms in total. The minimum Gasteiger partial charge on any atom is -0.352 e. The van der Waals surface area contributed by atoms with Crippen molar-refractivity contribution in [3.63, 3.8) is 0 Å². The highest BCUT2D eigenvalue weighted by molar-refractivity contribution is 5.94. The molecule has 1 aliphatic rings. The standard InChI is InChI=1S/C14H20N2O/c1-11-4-2-5-12(10-11)14(17)16-9-3-8-15-13-6-7-13/h2,4-5,10,13,15H,3,6-9H2,1H3,(H,16,17). The molecule has 92 valence electrons. The van der Waals surface area contributed by atoms with Gasteiger partial charge >= 0.3 is 0 Å². The highest BCUT2D eigenvalue weighted by Gasteiger charge is 2.19. The number of aryl methyl sites for hydroxylation is 1. The number of hydrogen-bond donors (Lipinski definition) is 2. The van der Waals surface area contributed by atoms with Gasteiger partial charge < -0.3 is 10.6 Å². The molecule has 1 amide bonds. The smallest absolute Gasteiger partial charge is 0.251 e. The second-order valence-electron chi connectivity index (χ2n) is 4.71. The predicted molar refractivity (Wildman–Crippen MR) is 69.2 cm³/mol. The van der Waals surface area contributed by atoms with E-state index in [9.17, 15) is 4.79 Å². The van der Waals surface area contributed by atoms with Crippen LogP contribution in [0.2, 0.25) is 0 Å². The molecule has 0 heterocycles. The summed E-state index contributed by atoms with van der Waals surface area (Å²) in [7, 11) is 0. The van der Waals surface area contributed by atoms with Crippen LogP contribution in [0.5, 0.6) is 0 Å². The van der Waals surface area contributed by atoms with Crippen LogP contribution in [0.3, 0.4) is 0 Å². The topological polar surface area (TPSA) is 41.1 Å². The molecule has 2 N–H and O–H groups in total. The van der Waals surface area contributed by atoms with Gasteiger partial charge in [-0.05, 0) is 44.9 Å². The van der Waals surface area contributed by atoms with Gasteiger partial charge in [0.25, 0.3) is 5.91 Å². The van der Waals surface area contributed by atoms with E-state index in [2.05, 4.69) is 10.6 Å². The Morgan fingerprint density at radius 1 is 1.35 bits per heavy atom. The maximum Gasteiger partial charge on any atom is 0.251 e. The molecule has 2 rings (SSSR count). The van der Waals surface area contributed by atoms with Gasteiger partial charge in [0.1, 0.15) is 0 Å². The summed E-state index contributed by atoms with van der Waals surface area (Å²) in [6.45, 7) is 3.74. The van der Waals surface area contributed by atoms with Gasteiger partial charge in [0.05, 0.1) is 0 Å². The summed E-state index contributed by atoms with van der Waals surface area (Å²) in [5.74, 6) is 0.0279. The third-order valence-corrected chi connectivity index (χ3v) is 2.93.